The molecule has 1 aliphatic rings. The second-order valence-electron chi connectivity index (χ2n) is 4.27. The van der Waals surface area contributed by atoms with Crippen molar-refractivity contribution >= 4 is 11.6 Å². The minimum Gasteiger partial charge on any atom is -0.490 e. The van der Waals surface area contributed by atoms with Gasteiger partial charge in [-0.2, -0.15) is 13.2 Å². The Morgan fingerprint density at radius 1 is 1.35 bits per heavy atom. The molecule has 0 aliphatic heterocycles. The highest BCUT2D eigenvalue weighted by Crippen LogP contribution is 2.40. The second kappa shape index (κ2) is 4.07. The van der Waals surface area contributed by atoms with Gasteiger partial charge in [0.1, 0.15) is 12.4 Å². The third-order valence-electron chi connectivity index (χ3n) is 2.68. The van der Waals surface area contributed by atoms with Crippen LogP contribution in [0.25, 0.3) is 0 Å². The molecule has 0 saturated heterocycles. The van der Waals surface area contributed by atoms with Crippen LogP contribution in [0, 0.1) is 0 Å². The summed E-state index contributed by atoms with van der Waals surface area (Å²) in [6.45, 7) is 0.189. The molecule has 0 amide bonds. The molecule has 2 rings (SSSR count). The third-order valence-corrected chi connectivity index (χ3v) is 3.07. The maximum atomic E-state index is 12.6. The summed E-state index contributed by atoms with van der Waals surface area (Å²) in [7, 11) is 0. The molecule has 1 aliphatic carbocycles. The van der Waals surface area contributed by atoms with Gasteiger partial charge < -0.3 is 10.5 Å². The Bertz CT molecular complexity index is 429. The number of benzene rings is 1. The van der Waals surface area contributed by atoms with E-state index in [0.717, 1.165) is 18.9 Å². The van der Waals surface area contributed by atoms with E-state index in [4.69, 9.17) is 22.1 Å². The molecule has 0 aromatic heterocycles. The average molecular weight is 266 g/mol. The highest BCUT2D eigenvalue weighted by molar-refractivity contribution is 6.32. The van der Waals surface area contributed by atoms with E-state index in [9.17, 15) is 13.2 Å². The molecule has 1 saturated carbocycles. The summed E-state index contributed by atoms with van der Waals surface area (Å²) in [5.41, 5.74) is 4.50. The van der Waals surface area contributed by atoms with Crippen molar-refractivity contribution in [2.24, 2.45) is 5.73 Å². The minimum atomic E-state index is -4.48. The Labute approximate surface area is 102 Å². The lowest BCUT2D eigenvalue weighted by molar-refractivity contribution is -0.137. The van der Waals surface area contributed by atoms with Gasteiger partial charge in [0.05, 0.1) is 16.1 Å². The molecule has 0 atom stereocenters. The van der Waals surface area contributed by atoms with Crippen LogP contribution in [0.3, 0.4) is 0 Å². The Kier molecular flexibility index (Phi) is 2.99. The number of rotatable bonds is 3. The molecule has 0 unspecified atom stereocenters. The van der Waals surface area contributed by atoms with Crippen molar-refractivity contribution in [3.8, 4) is 5.75 Å². The quantitative estimate of drug-likeness (QED) is 0.911. The molecule has 1 aromatic carbocycles. The zero-order chi connectivity index (χ0) is 12.7. The highest BCUT2D eigenvalue weighted by atomic mass is 35.5. The predicted octanol–water partition coefficient (Wildman–Crippen LogP) is 3.23. The monoisotopic (exact) mass is 265 g/mol. The number of hydrogen-bond acceptors (Lipinski definition) is 2. The molecule has 0 heterocycles. The summed E-state index contributed by atoms with van der Waals surface area (Å²) in [5.74, 6) is 0.0261. The van der Waals surface area contributed by atoms with Gasteiger partial charge in [-0.05, 0) is 25.0 Å². The Morgan fingerprint density at radius 3 is 2.53 bits per heavy atom. The molecular formula is C11H11ClF3NO. The number of halogens is 4. The van der Waals surface area contributed by atoms with Gasteiger partial charge in [0.2, 0.25) is 0 Å². The highest BCUT2D eigenvalue weighted by Gasteiger charge is 2.40. The van der Waals surface area contributed by atoms with Crippen molar-refractivity contribution in [2.75, 3.05) is 6.61 Å². The van der Waals surface area contributed by atoms with Crippen molar-refractivity contribution in [1.82, 2.24) is 0 Å². The maximum Gasteiger partial charge on any atom is 0.417 e. The van der Waals surface area contributed by atoms with Crippen molar-refractivity contribution in [3.05, 3.63) is 28.8 Å². The lowest BCUT2D eigenvalue weighted by Gasteiger charge is -2.15. The summed E-state index contributed by atoms with van der Waals surface area (Å²) >= 11 is 5.66. The van der Waals surface area contributed by atoms with Crippen LogP contribution in [0.15, 0.2) is 18.2 Å². The van der Waals surface area contributed by atoms with E-state index < -0.39 is 22.3 Å². The molecule has 1 aromatic rings. The van der Waals surface area contributed by atoms with Gasteiger partial charge in [0.25, 0.3) is 0 Å². The SMILES string of the molecule is NC1(COc2cccc(C(F)(F)F)c2Cl)CC1. The largest absolute Gasteiger partial charge is 0.490 e. The Morgan fingerprint density at radius 2 is 2.00 bits per heavy atom. The van der Waals surface area contributed by atoms with Crippen molar-refractivity contribution < 1.29 is 17.9 Å². The fourth-order valence-corrected chi connectivity index (χ4v) is 1.66. The summed E-state index contributed by atoms with van der Waals surface area (Å²) in [6.07, 6.45) is -2.83. The Hall–Kier alpha value is -0.940. The molecule has 94 valence electrons. The van der Waals surface area contributed by atoms with Crippen molar-refractivity contribution in [1.29, 1.82) is 0 Å². The van der Waals surface area contributed by atoms with Crippen LogP contribution in [0.1, 0.15) is 18.4 Å². The molecule has 0 bridgehead atoms. The number of hydrogen-bond donors (Lipinski definition) is 1. The molecule has 2 N–H and O–H groups in total. The normalized spacial score (nSPS) is 17.9. The van der Waals surface area contributed by atoms with Gasteiger partial charge in [0.15, 0.2) is 0 Å². The first-order chi connectivity index (χ1) is 7.82. The fourth-order valence-electron chi connectivity index (χ4n) is 1.37. The van der Waals surface area contributed by atoms with E-state index in [1.165, 1.54) is 12.1 Å². The molecule has 17 heavy (non-hydrogen) atoms. The molecule has 1 fully saturated rings. The van der Waals surface area contributed by atoms with Gasteiger partial charge in [0, 0.05) is 0 Å². The van der Waals surface area contributed by atoms with E-state index in [1.807, 2.05) is 0 Å². The van der Waals surface area contributed by atoms with Gasteiger partial charge in [-0.15, -0.1) is 0 Å². The molecular weight excluding hydrogens is 255 g/mol. The zero-order valence-electron chi connectivity index (χ0n) is 8.85. The van der Waals surface area contributed by atoms with E-state index in [0.29, 0.717) is 0 Å². The van der Waals surface area contributed by atoms with E-state index in [2.05, 4.69) is 0 Å². The number of nitrogens with two attached hydrogens (primary N) is 1. The summed E-state index contributed by atoms with van der Waals surface area (Å²) in [4.78, 5) is 0. The smallest absolute Gasteiger partial charge is 0.417 e. The lowest BCUT2D eigenvalue weighted by atomic mass is 10.2. The molecule has 6 heteroatoms. The average Bonchev–Trinajstić information content (AvgIpc) is 2.94. The first-order valence-electron chi connectivity index (χ1n) is 5.09. The van der Waals surface area contributed by atoms with Gasteiger partial charge >= 0.3 is 6.18 Å². The summed E-state index contributed by atoms with van der Waals surface area (Å²) < 4.78 is 42.9. The summed E-state index contributed by atoms with van der Waals surface area (Å²) in [6, 6.07) is 3.59. The first kappa shape index (κ1) is 12.5. The van der Waals surface area contributed by atoms with Gasteiger partial charge in [-0.1, -0.05) is 17.7 Å². The molecule has 0 radical (unpaired) electrons. The number of alkyl halides is 3. The van der Waals surface area contributed by atoms with Crippen LogP contribution in [-0.2, 0) is 6.18 Å². The minimum absolute atomic E-state index is 0.0261. The zero-order valence-corrected chi connectivity index (χ0v) is 9.61. The number of ether oxygens (including phenoxy) is 1. The van der Waals surface area contributed by atoms with Crippen LogP contribution in [0.4, 0.5) is 13.2 Å². The summed E-state index contributed by atoms with van der Waals surface area (Å²) in [5, 5.41) is -0.413. The molecule has 0 spiro atoms. The van der Waals surface area contributed by atoms with Crippen molar-refractivity contribution in [3.63, 3.8) is 0 Å². The van der Waals surface area contributed by atoms with Crippen molar-refractivity contribution in [2.45, 2.75) is 24.6 Å². The standard InChI is InChI=1S/C11H11ClF3NO/c12-9-7(11(13,14)15)2-1-3-8(9)17-6-10(16)4-5-10/h1-3H,4-6,16H2. The first-order valence-corrected chi connectivity index (χ1v) is 5.47. The van der Waals surface area contributed by atoms with Gasteiger partial charge in [-0.25, -0.2) is 0 Å². The lowest BCUT2D eigenvalue weighted by Crippen LogP contribution is -2.29. The van der Waals surface area contributed by atoms with Crippen LogP contribution >= 0.6 is 11.6 Å². The van der Waals surface area contributed by atoms with Crippen LogP contribution in [0.2, 0.25) is 5.02 Å². The van der Waals surface area contributed by atoms with Crippen LogP contribution in [0.5, 0.6) is 5.75 Å². The fraction of sp³-hybridized carbons (Fsp3) is 0.455. The topological polar surface area (TPSA) is 35.2 Å². The second-order valence-corrected chi connectivity index (χ2v) is 4.64. The molecule has 2 nitrogen and oxygen atoms in total. The van der Waals surface area contributed by atoms with E-state index in [1.54, 1.807) is 0 Å². The maximum absolute atomic E-state index is 12.6. The Balaban J connectivity index is 2.17. The van der Waals surface area contributed by atoms with Crippen LogP contribution in [-0.4, -0.2) is 12.1 Å². The van der Waals surface area contributed by atoms with E-state index in [-0.39, 0.29) is 12.4 Å². The van der Waals surface area contributed by atoms with E-state index >= 15 is 0 Å². The third kappa shape index (κ3) is 2.84. The predicted molar refractivity (Wildman–Crippen MR) is 58.1 cm³/mol. The van der Waals surface area contributed by atoms with Gasteiger partial charge in [-0.3, -0.25) is 0 Å². The van der Waals surface area contributed by atoms with Crippen LogP contribution < -0.4 is 10.5 Å².